The Bertz CT molecular complexity index is 128. The lowest BCUT2D eigenvalue weighted by molar-refractivity contribution is 0.107. The van der Waals surface area contributed by atoms with Crippen LogP contribution in [0.3, 0.4) is 0 Å². The molecule has 0 amide bonds. The van der Waals surface area contributed by atoms with Crippen LogP contribution in [0.25, 0.3) is 0 Å². The van der Waals surface area contributed by atoms with E-state index in [2.05, 4.69) is 18.5 Å². The highest BCUT2D eigenvalue weighted by Crippen LogP contribution is 2.37. The van der Waals surface area contributed by atoms with Gasteiger partial charge in [-0.25, -0.2) is 8.78 Å². The molecule has 0 aromatic heterocycles. The highest BCUT2D eigenvalue weighted by atomic mass is 31.0. The molecule has 0 bridgehead atoms. The molecule has 0 aromatic rings. The maximum absolute atomic E-state index is 13.1. The minimum atomic E-state index is -1.30. The van der Waals surface area contributed by atoms with E-state index in [4.69, 9.17) is 0 Å². The Morgan fingerprint density at radius 3 is 2.27 bits per heavy atom. The van der Waals surface area contributed by atoms with Gasteiger partial charge < -0.3 is 0 Å². The molecule has 0 nitrogen and oxygen atoms in total. The standard InChI is InChI=1S/C7H14F2P2/c1-3-2-4(10)5(8)6(9)7(3)11/h3-7H,2,10-11H2,1H3. The smallest absolute Gasteiger partial charge is 0.138 e. The molecule has 7 atom stereocenters. The van der Waals surface area contributed by atoms with Crippen molar-refractivity contribution < 1.29 is 8.78 Å². The fraction of sp³-hybridized carbons (Fsp3) is 1.00. The molecule has 0 aromatic carbocycles. The van der Waals surface area contributed by atoms with E-state index in [1.54, 1.807) is 0 Å². The largest absolute Gasteiger partial charge is 0.244 e. The Morgan fingerprint density at radius 1 is 1.18 bits per heavy atom. The quantitative estimate of drug-likeness (QED) is 0.523. The summed E-state index contributed by atoms with van der Waals surface area (Å²) in [6.07, 6.45) is -1.83. The van der Waals surface area contributed by atoms with Crippen molar-refractivity contribution in [3.8, 4) is 0 Å². The van der Waals surface area contributed by atoms with Gasteiger partial charge in [-0.2, -0.15) is 0 Å². The monoisotopic (exact) mass is 198 g/mol. The molecule has 1 rings (SSSR count). The van der Waals surface area contributed by atoms with Crippen LogP contribution < -0.4 is 0 Å². The minimum Gasteiger partial charge on any atom is -0.244 e. The van der Waals surface area contributed by atoms with E-state index in [1.165, 1.54) is 0 Å². The van der Waals surface area contributed by atoms with Crippen LogP contribution in [0.5, 0.6) is 0 Å². The van der Waals surface area contributed by atoms with E-state index in [9.17, 15) is 8.78 Å². The molecule has 1 saturated carbocycles. The average molecular weight is 198 g/mol. The van der Waals surface area contributed by atoms with Gasteiger partial charge in [-0.15, -0.1) is 18.5 Å². The van der Waals surface area contributed by atoms with Crippen molar-refractivity contribution in [3.63, 3.8) is 0 Å². The summed E-state index contributed by atoms with van der Waals surface area (Å²) < 4.78 is 26.0. The summed E-state index contributed by atoms with van der Waals surface area (Å²) in [4.78, 5) is 0. The van der Waals surface area contributed by atoms with Crippen molar-refractivity contribution in [2.24, 2.45) is 5.92 Å². The third-order valence-corrected chi connectivity index (χ3v) is 4.05. The zero-order valence-electron chi connectivity index (χ0n) is 6.50. The van der Waals surface area contributed by atoms with E-state index in [0.717, 1.165) is 6.42 Å². The molecule has 0 heterocycles. The van der Waals surface area contributed by atoms with Crippen LogP contribution in [0, 0.1) is 5.92 Å². The molecule has 0 spiro atoms. The molecule has 1 fully saturated rings. The summed E-state index contributed by atoms with van der Waals surface area (Å²) in [6.45, 7) is 1.97. The van der Waals surface area contributed by atoms with E-state index in [0.29, 0.717) is 0 Å². The molecular weight excluding hydrogens is 184 g/mol. The molecular formula is C7H14F2P2. The first-order valence-electron chi connectivity index (χ1n) is 3.83. The van der Waals surface area contributed by atoms with Crippen molar-refractivity contribution in [1.29, 1.82) is 0 Å². The highest BCUT2D eigenvalue weighted by Gasteiger charge is 2.39. The predicted octanol–water partition coefficient (Wildman–Crippen LogP) is 2.19. The Kier molecular flexibility index (Phi) is 3.23. The van der Waals surface area contributed by atoms with Crippen LogP contribution in [0.4, 0.5) is 8.78 Å². The van der Waals surface area contributed by atoms with Gasteiger partial charge in [0.2, 0.25) is 0 Å². The second-order valence-corrected chi connectivity index (χ2v) is 4.97. The zero-order chi connectivity index (χ0) is 8.59. The Balaban J connectivity index is 2.63. The number of hydrogen-bond donors (Lipinski definition) is 0. The minimum absolute atomic E-state index is 0.197. The molecule has 0 aliphatic heterocycles. The molecule has 0 N–H and O–H groups in total. The van der Waals surface area contributed by atoms with Gasteiger partial charge in [0.1, 0.15) is 12.3 Å². The third kappa shape index (κ3) is 1.90. The van der Waals surface area contributed by atoms with Gasteiger partial charge in [-0.05, 0) is 12.3 Å². The summed E-state index contributed by atoms with van der Waals surface area (Å²) in [7, 11) is 4.78. The van der Waals surface area contributed by atoms with Crippen LogP contribution in [-0.2, 0) is 0 Å². The zero-order valence-corrected chi connectivity index (χ0v) is 8.81. The Labute approximate surface area is 70.9 Å². The molecule has 4 heteroatoms. The van der Waals surface area contributed by atoms with Crippen LogP contribution in [0.1, 0.15) is 13.3 Å². The van der Waals surface area contributed by atoms with Crippen LogP contribution in [-0.4, -0.2) is 23.7 Å². The first kappa shape index (κ1) is 9.81. The predicted molar refractivity (Wildman–Crippen MR) is 50.6 cm³/mol. The van der Waals surface area contributed by atoms with E-state index in [1.807, 2.05) is 6.92 Å². The van der Waals surface area contributed by atoms with Gasteiger partial charge >= 0.3 is 0 Å². The Morgan fingerprint density at radius 2 is 1.73 bits per heavy atom. The molecule has 0 saturated heterocycles. The van der Waals surface area contributed by atoms with Crippen molar-refractivity contribution >= 4 is 18.5 Å². The Hall–Kier alpha value is 0.720. The third-order valence-electron chi connectivity index (χ3n) is 2.38. The van der Waals surface area contributed by atoms with Gasteiger partial charge in [0.15, 0.2) is 0 Å². The van der Waals surface area contributed by atoms with Crippen molar-refractivity contribution in [3.05, 3.63) is 0 Å². The maximum Gasteiger partial charge on any atom is 0.138 e. The number of halogens is 2. The van der Waals surface area contributed by atoms with Gasteiger partial charge in [0, 0.05) is 11.3 Å². The fourth-order valence-corrected chi connectivity index (χ4v) is 2.49. The summed E-state index contributed by atoms with van der Waals surface area (Å²) in [5, 5.41) is 0. The molecule has 1 aliphatic carbocycles. The number of hydrogen-bond acceptors (Lipinski definition) is 0. The molecule has 7 unspecified atom stereocenters. The molecule has 1 aliphatic rings. The van der Waals surface area contributed by atoms with Crippen LogP contribution in [0.15, 0.2) is 0 Å². The first-order chi connectivity index (χ1) is 5.04. The summed E-state index contributed by atoms with van der Waals surface area (Å²) in [6, 6.07) is 0. The second-order valence-electron chi connectivity index (χ2n) is 3.34. The van der Waals surface area contributed by atoms with E-state index >= 15 is 0 Å². The van der Waals surface area contributed by atoms with Gasteiger partial charge in [-0.1, -0.05) is 6.92 Å². The number of alkyl halides is 2. The normalized spacial score (nSPS) is 52.6. The lowest BCUT2D eigenvalue weighted by atomic mass is 9.87. The maximum atomic E-state index is 13.1. The highest BCUT2D eigenvalue weighted by molar-refractivity contribution is 7.18. The first-order valence-corrected chi connectivity index (χ1v) is 5.16. The molecule has 66 valence electrons. The summed E-state index contributed by atoms with van der Waals surface area (Å²) >= 11 is 0. The van der Waals surface area contributed by atoms with Gasteiger partial charge in [0.05, 0.1) is 0 Å². The van der Waals surface area contributed by atoms with Crippen LogP contribution in [0.2, 0.25) is 0 Å². The van der Waals surface area contributed by atoms with Crippen molar-refractivity contribution in [2.75, 3.05) is 0 Å². The summed E-state index contributed by atoms with van der Waals surface area (Å²) in [5.41, 5.74) is -0.404. The van der Waals surface area contributed by atoms with Gasteiger partial charge in [-0.3, -0.25) is 0 Å². The fourth-order valence-electron chi connectivity index (χ4n) is 1.48. The van der Waals surface area contributed by atoms with Crippen molar-refractivity contribution in [2.45, 2.75) is 37.0 Å². The van der Waals surface area contributed by atoms with E-state index in [-0.39, 0.29) is 17.2 Å². The molecule has 0 radical (unpaired) electrons. The van der Waals surface area contributed by atoms with Crippen molar-refractivity contribution in [1.82, 2.24) is 0 Å². The van der Waals surface area contributed by atoms with E-state index < -0.39 is 12.3 Å². The average Bonchev–Trinajstić information content (AvgIpc) is 1.97. The summed E-state index contributed by atoms with van der Waals surface area (Å²) in [5.74, 6) is 0.268. The number of rotatable bonds is 0. The van der Waals surface area contributed by atoms with Crippen LogP contribution >= 0.6 is 18.5 Å². The SMILES string of the molecule is CC1CC(P)C(F)C(F)C1P. The van der Waals surface area contributed by atoms with Gasteiger partial charge in [0.25, 0.3) is 0 Å². The molecule has 11 heavy (non-hydrogen) atoms. The lowest BCUT2D eigenvalue weighted by Crippen LogP contribution is -2.43. The second kappa shape index (κ2) is 3.62. The topological polar surface area (TPSA) is 0 Å². The lowest BCUT2D eigenvalue weighted by Gasteiger charge is -2.35.